The van der Waals surface area contributed by atoms with Crippen LogP contribution < -0.4 is 0 Å². The van der Waals surface area contributed by atoms with Crippen molar-refractivity contribution in [2.24, 2.45) is 9.98 Å². The minimum atomic E-state index is 0.614. The minimum Gasteiger partial charge on any atom is -0.261 e. The van der Waals surface area contributed by atoms with E-state index in [4.69, 9.17) is 9.98 Å². The first-order valence-electron chi connectivity index (χ1n) is 9.23. The lowest BCUT2D eigenvalue weighted by atomic mass is 10.1. The Morgan fingerprint density at radius 1 is 1.00 bits per heavy atom. The lowest BCUT2D eigenvalue weighted by Gasteiger charge is -2.07. The lowest BCUT2D eigenvalue weighted by molar-refractivity contribution is 1.06. The van der Waals surface area contributed by atoms with Crippen molar-refractivity contribution in [2.45, 2.75) is 26.3 Å². The largest absolute Gasteiger partial charge is 0.261 e. The number of terminal acetylenes is 1. The Balaban J connectivity index is 0.00000190. The molecule has 2 aromatic rings. The summed E-state index contributed by atoms with van der Waals surface area (Å²) in [7, 11) is 0. The van der Waals surface area contributed by atoms with E-state index in [9.17, 15) is 0 Å². The van der Waals surface area contributed by atoms with Crippen LogP contribution in [0.2, 0.25) is 0 Å². The molecule has 0 fully saturated rings. The molecule has 2 heteroatoms. The van der Waals surface area contributed by atoms with Crippen molar-refractivity contribution in [2.75, 3.05) is 0 Å². The summed E-state index contributed by atoms with van der Waals surface area (Å²) in [5.74, 6) is 0.770. The first kappa shape index (κ1) is 22.6. The lowest BCUT2D eigenvalue weighted by Crippen LogP contribution is -2.06. The van der Waals surface area contributed by atoms with Gasteiger partial charge in [0, 0.05) is 17.7 Å². The molecule has 0 atom stereocenters. The fourth-order valence-corrected chi connectivity index (χ4v) is 2.45. The molecule has 0 saturated carbocycles. The summed E-state index contributed by atoms with van der Waals surface area (Å²) in [6.45, 7) is 10.5. The first-order chi connectivity index (χ1) is 13.7. The molecule has 2 nitrogen and oxygen atoms in total. The maximum Gasteiger partial charge on any atom is 0.154 e. The molecule has 0 aliphatic carbocycles. The number of nitrogens with zero attached hydrogens (tertiary/aromatic N) is 2. The minimum absolute atomic E-state index is 0.614. The number of hydrogen-bond acceptors (Lipinski definition) is 1. The van der Waals surface area contributed by atoms with E-state index in [1.54, 1.807) is 6.08 Å². The van der Waals surface area contributed by atoms with E-state index < -0.39 is 0 Å². The van der Waals surface area contributed by atoms with Gasteiger partial charge in [-0.15, -0.1) is 12.8 Å². The highest BCUT2D eigenvalue weighted by Crippen LogP contribution is 2.11. The molecule has 2 rings (SSSR count). The van der Waals surface area contributed by atoms with Crippen molar-refractivity contribution in [1.82, 2.24) is 0 Å². The predicted octanol–water partition coefficient (Wildman–Crippen LogP) is 6.42. The van der Waals surface area contributed by atoms with Crippen LogP contribution in [0.4, 0.5) is 0 Å². The van der Waals surface area contributed by atoms with Crippen LogP contribution in [-0.4, -0.2) is 11.5 Å². The molecule has 0 aliphatic rings. The van der Waals surface area contributed by atoms with Gasteiger partial charge in [0.15, 0.2) is 5.84 Å². The first-order valence-corrected chi connectivity index (χ1v) is 9.23. The van der Waals surface area contributed by atoms with Gasteiger partial charge in [0.25, 0.3) is 0 Å². The number of aliphatic imine (C=N–C) groups is 2. The second kappa shape index (κ2) is 13.7. The predicted molar refractivity (Wildman–Crippen MR) is 124 cm³/mol. The summed E-state index contributed by atoms with van der Waals surface area (Å²) >= 11 is 0. The average Bonchev–Trinajstić information content (AvgIpc) is 2.77. The van der Waals surface area contributed by atoms with Gasteiger partial charge in [0.2, 0.25) is 0 Å². The highest BCUT2D eigenvalue weighted by atomic mass is 14.9. The van der Waals surface area contributed by atoms with E-state index in [0.29, 0.717) is 6.54 Å². The Morgan fingerprint density at radius 2 is 1.61 bits per heavy atom. The molecule has 0 unspecified atom stereocenters. The van der Waals surface area contributed by atoms with E-state index in [-0.39, 0.29) is 0 Å². The fourth-order valence-electron chi connectivity index (χ4n) is 2.45. The maximum atomic E-state index is 4.87. The van der Waals surface area contributed by atoms with Crippen LogP contribution in [0.15, 0.2) is 108 Å². The average molecular weight is 369 g/mol. The summed E-state index contributed by atoms with van der Waals surface area (Å²) in [5.41, 5.74) is 4.29. The molecule has 0 saturated heterocycles. The van der Waals surface area contributed by atoms with E-state index in [0.717, 1.165) is 35.5 Å². The van der Waals surface area contributed by atoms with Crippen LogP contribution in [0.25, 0.3) is 0 Å². The fraction of sp³-hybridized carbons (Fsp3) is 0.154. The maximum absolute atomic E-state index is 4.87. The molecule has 0 N–H and O–H groups in total. The van der Waals surface area contributed by atoms with Gasteiger partial charge < -0.3 is 0 Å². The van der Waals surface area contributed by atoms with Crippen LogP contribution in [0, 0.1) is 12.8 Å². The van der Waals surface area contributed by atoms with Crippen LogP contribution >= 0.6 is 0 Å². The highest BCUT2D eigenvalue weighted by Gasteiger charge is 2.05. The summed E-state index contributed by atoms with van der Waals surface area (Å²) in [6, 6.07) is 20.4. The monoisotopic (exact) mass is 368 g/mol. The zero-order valence-electron chi connectivity index (χ0n) is 16.6. The van der Waals surface area contributed by atoms with Gasteiger partial charge >= 0.3 is 0 Å². The summed E-state index contributed by atoms with van der Waals surface area (Å²) < 4.78 is 0. The topological polar surface area (TPSA) is 24.7 Å². The van der Waals surface area contributed by atoms with Crippen LogP contribution in [0.3, 0.4) is 0 Å². The molecular weight excluding hydrogens is 340 g/mol. The Morgan fingerprint density at radius 3 is 2.18 bits per heavy atom. The van der Waals surface area contributed by atoms with Gasteiger partial charge in [-0.2, -0.15) is 0 Å². The van der Waals surface area contributed by atoms with E-state index >= 15 is 0 Å². The van der Waals surface area contributed by atoms with Crippen molar-refractivity contribution in [3.63, 3.8) is 0 Å². The normalized spacial score (nSPS) is 11.5. The van der Waals surface area contributed by atoms with Gasteiger partial charge in [0.05, 0.1) is 6.54 Å². The summed E-state index contributed by atoms with van der Waals surface area (Å²) in [5, 5.41) is 0. The highest BCUT2D eigenvalue weighted by molar-refractivity contribution is 6.07. The molecule has 0 spiro atoms. The molecule has 0 bridgehead atoms. The Labute approximate surface area is 169 Å². The van der Waals surface area contributed by atoms with Crippen molar-refractivity contribution in [3.8, 4) is 12.8 Å². The molecule has 2 aromatic carbocycles. The number of benzene rings is 2. The quantitative estimate of drug-likeness (QED) is 0.222. The molecule has 142 valence electrons. The summed E-state index contributed by atoms with van der Waals surface area (Å²) in [4.78, 5) is 9.66. The second-order valence-corrected chi connectivity index (χ2v) is 5.95. The molecule has 0 radical (unpaired) electrons. The zero-order chi connectivity index (χ0) is 20.6. The Bertz CT molecular complexity index is 838. The Hall–Kier alpha value is -3.44. The molecule has 0 aliphatic heterocycles. The smallest absolute Gasteiger partial charge is 0.154 e. The van der Waals surface area contributed by atoms with Crippen molar-refractivity contribution >= 4 is 11.5 Å². The third kappa shape index (κ3) is 8.29. The third-order valence-electron chi connectivity index (χ3n) is 3.86. The number of amidine groups is 1. The van der Waals surface area contributed by atoms with E-state index in [2.05, 4.69) is 45.1 Å². The molecule has 0 aromatic heterocycles. The molecule has 28 heavy (non-hydrogen) atoms. The zero-order valence-corrected chi connectivity index (χ0v) is 16.6. The van der Waals surface area contributed by atoms with Gasteiger partial charge in [-0.3, -0.25) is 4.99 Å². The molecular formula is C26H28N2. The number of hydrogen-bond donors (Lipinski definition) is 0. The molecule has 0 heterocycles. The van der Waals surface area contributed by atoms with Crippen LogP contribution in [0.1, 0.15) is 30.9 Å². The Kier molecular flexibility index (Phi) is 11.1. The van der Waals surface area contributed by atoms with Gasteiger partial charge in [0.1, 0.15) is 0 Å². The number of rotatable bonds is 8. The van der Waals surface area contributed by atoms with Crippen LogP contribution in [0.5, 0.6) is 0 Å². The summed E-state index contributed by atoms with van der Waals surface area (Å²) in [6.07, 6.45) is 15.2. The second-order valence-electron chi connectivity index (χ2n) is 5.95. The van der Waals surface area contributed by atoms with Crippen LogP contribution in [-0.2, 0) is 6.54 Å². The van der Waals surface area contributed by atoms with Crippen molar-refractivity contribution < 1.29 is 0 Å². The van der Waals surface area contributed by atoms with Gasteiger partial charge in [-0.25, -0.2) is 4.99 Å². The SMILES string of the molecule is C#C.C=C/C=C\C(=C)CC(CC)=NC(=NCc1ccccc1)c1ccccc1. The van der Waals surface area contributed by atoms with Gasteiger partial charge in [-0.05, 0) is 17.6 Å². The third-order valence-corrected chi connectivity index (χ3v) is 3.86. The standard InChI is InChI=1S/C24H26N2.C2H2/c1-4-6-13-20(3)18-23(5-2)26-24(22-16-11-8-12-17-22)25-19-21-14-9-7-10-15-21;1-2/h4,6-17H,1,3,5,18-19H2,2H3;1-2H/b13-6-,25-24?,26-23?;. The van der Waals surface area contributed by atoms with E-state index in [1.807, 2.05) is 60.7 Å². The van der Waals surface area contributed by atoms with E-state index in [1.165, 1.54) is 5.56 Å². The molecule has 0 amide bonds. The number of allylic oxidation sites excluding steroid dienone is 4. The van der Waals surface area contributed by atoms with Crippen molar-refractivity contribution in [3.05, 3.63) is 109 Å². The van der Waals surface area contributed by atoms with Crippen molar-refractivity contribution in [1.29, 1.82) is 0 Å². The van der Waals surface area contributed by atoms with Gasteiger partial charge in [-0.1, -0.05) is 99.0 Å².